The highest BCUT2D eigenvalue weighted by molar-refractivity contribution is 8.02. The lowest BCUT2D eigenvalue weighted by Gasteiger charge is -2.33. The van der Waals surface area contributed by atoms with Crippen LogP contribution in [-0.2, 0) is 21.0 Å². The molecule has 2 aliphatic rings. The van der Waals surface area contributed by atoms with Crippen LogP contribution in [0.5, 0.6) is 0 Å². The van der Waals surface area contributed by atoms with E-state index in [1.54, 1.807) is 4.90 Å². The van der Waals surface area contributed by atoms with E-state index in [2.05, 4.69) is 17.0 Å². The van der Waals surface area contributed by atoms with Gasteiger partial charge >= 0.3 is 0 Å². The number of anilines is 2. The Morgan fingerprint density at radius 3 is 2.29 bits per heavy atom. The molecule has 0 radical (unpaired) electrons. The van der Waals surface area contributed by atoms with Crippen LogP contribution in [0, 0.1) is 0 Å². The Morgan fingerprint density at radius 1 is 0.903 bits per heavy atom. The van der Waals surface area contributed by atoms with E-state index in [4.69, 9.17) is 0 Å². The molecule has 5 rings (SSSR count). The molecule has 0 bridgehead atoms. The number of fused-ring (bicyclic) bond motifs is 2. The second-order valence-electron chi connectivity index (χ2n) is 7.89. The first-order chi connectivity index (χ1) is 15.1. The predicted octanol–water partition coefficient (Wildman–Crippen LogP) is 4.06. The van der Waals surface area contributed by atoms with Crippen molar-refractivity contribution in [3.63, 3.8) is 0 Å². The number of rotatable bonds is 5. The average molecular weight is 430 g/mol. The molecule has 6 heteroatoms. The molecule has 2 aliphatic heterocycles. The first-order valence-corrected chi connectivity index (χ1v) is 11.3. The summed E-state index contributed by atoms with van der Waals surface area (Å²) in [6.45, 7) is 1.18. The number of para-hydroxylation sites is 2. The Morgan fingerprint density at radius 2 is 1.55 bits per heavy atom. The van der Waals surface area contributed by atoms with Crippen LogP contribution in [0.2, 0.25) is 0 Å². The van der Waals surface area contributed by atoms with Gasteiger partial charge in [-0.15, -0.1) is 11.8 Å². The Labute approximate surface area is 186 Å². The number of nitrogens with zero attached hydrogens (tertiary/aromatic N) is 3. The van der Waals surface area contributed by atoms with E-state index in [0.717, 1.165) is 23.5 Å². The van der Waals surface area contributed by atoms with Crippen LogP contribution in [0.4, 0.5) is 11.4 Å². The number of thioether (sulfide) groups is 1. The molecule has 0 aliphatic carbocycles. The molecule has 2 amide bonds. The van der Waals surface area contributed by atoms with Crippen LogP contribution in [-0.4, -0.2) is 36.2 Å². The largest absolute Gasteiger partial charge is 0.295 e. The lowest BCUT2D eigenvalue weighted by atomic mass is 10.0. The Hall–Kier alpha value is -3.09. The molecule has 1 fully saturated rings. The van der Waals surface area contributed by atoms with E-state index >= 15 is 0 Å². The molecular weight excluding hydrogens is 406 g/mol. The average Bonchev–Trinajstić information content (AvgIpc) is 3.26. The van der Waals surface area contributed by atoms with Crippen molar-refractivity contribution < 1.29 is 9.59 Å². The first kappa shape index (κ1) is 19.8. The van der Waals surface area contributed by atoms with E-state index in [0.29, 0.717) is 6.67 Å². The molecule has 3 aromatic carbocycles. The van der Waals surface area contributed by atoms with Crippen molar-refractivity contribution in [1.29, 1.82) is 0 Å². The molecule has 1 unspecified atom stereocenters. The molecule has 1 spiro atoms. The van der Waals surface area contributed by atoms with E-state index in [1.165, 1.54) is 17.3 Å². The van der Waals surface area contributed by atoms with Crippen molar-refractivity contribution >= 4 is 35.0 Å². The second-order valence-corrected chi connectivity index (χ2v) is 9.06. The van der Waals surface area contributed by atoms with Crippen molar-refractivity contribution in [2.45, 2.75) is 11.4 Å². The lowest BCUT2D eigenvalue weighted by molar-refractivity contribution is -0.123. The van der Waals surface area contributed by atoms with E-state index in [-0.39, 0.29) is 17.6 Å². The maximum atomic E-state index is 14.0. The topological polar surface area (TPSA) is 43.9 Å². The Balaban J connectivity index is 1.52. The van der Waals surface area contributed by atoms with Gasteiger partial charge in [0.05, 0.1) is 18.1 Å². The molecule has 31 heavy (non-hydrogen) atoms. The van der Waals surface area contributed by atoms with Crippen molar-refractivity contribution in [3.05, 3.63) is 96.1 Å². The van der Waals surface area contributed by atoms with E-state index in [9.17, 15) is 9.59 Å². The molecule has 2 heterocycles. The zero-order valence-electron chi connectivity index (χ0n) is 17.3. The van der Waals surface area contributed by atoms with E-state index < -0.39 is 4.87 Å². The fourth-order valence-corrected chi connectivity index (χ4v) is 5.82. The van der Waals surface area contributed by atoms with Crippen LogP contribution in [0.1, 0.15) is 11.1 Å². The van der Waals surface area contributed by atoms with Crippen LogP contribution in [0.3, 0.4) is 0 Å². The third-order valence-corrected chi connectivity index (χ3v) is 7.14. The summed E-state index contributed by atoms with van der Waals surface area (Å²) in [6, 6.07) is 27.6. The highest BCUT2D eigenvalue weighted by atomic mass is 32.2. The highest BCUT2D eigenvalue weighted by Gasteiger charge is 2.60. The van der Waals surface area contributed by atoms with Crippen molar-refractivity contribution in [2.75, 3.05) is 29.3 Å². The Bertz CT molecular complexity index is 1120. The molecule has 1 atom stereocenters. The predicted molar refractivity (Wildman–Crippen MR) is 125 cm³/mol. The molecule has 3 aromatic rings. The minimum absolute atomic E-state index is 0.0427. The van der Waals surface area contributed by atoms with Crippen LogP contribution in [0.25, 0.3) is 0 Å². The summed E-state index contributed by atoms with van der Waals surface area (Å²) in [5, 5.41) is 0. The highest BCUT2D eigenvalue weighted by Crippen LogP contribution is 2.55. The number of carbonyl (C=O) groups excluding carboxylic acids is 2. The zero-order valence-corrected chi connectivity index (χ0v) is 18.1. The summed E-state index contributed by atoms with van der Waals surface area (Å²) in [5.41, 5.74) is 3.69. The molecule has 0 aromatic heterocycles. The molecule has 156 valence electrons. The number of hydrogen-bond acceptors (Lipinski definition) is 4. The van der Waals surface area contributed by atoms with Crippen molar-refractivity contribution in [2.24, 2.45) is 0 Å². The fourth-order valence-electron chi connectivity index (χ4n) is 4.46. The third-order valence-electron chi connectivity index (χ3n) is 5.76. The van der Waals surface area contributed by atoms with Crippen LogP contribution >= 0.6 is 11.8 Å². The van der Waals surface area contributed by atoms with Gasteiger partial charge in [0, 0.05) is 17.8 Å². The van der Waals surface area contributed by atoms with Gasteiger partial charge in [0.2, 0.25) is 10.8 Å². The number of amides is 2. The van der Waals surface area contributed by atoms with Crippen molar-refractivity contribution in [3.8, 4) is 0 Å². The fraction of sp³-hybridized carbons (Fsp3) is 0.200. The quantitative estimate of drug-likeness (QED) is 0.614. The van der Waals surface area contributed by atoms with Gasteiger partial charge in [-0.3, -0.25) is 24.3 Å². The van der Waals surface area contributed by atoms with Gasteiger partial charge in [-0.05, 0) is 30.8 Å². The van der Waals surface area contributed by atoms with Gasteiger partial charge in [-0.2, -0.15) is 0 Å². The number of benzene rings is 3. The van der Waals surface area contributed by atoms with E-state index in [1.807, 2.05) is 84.7 Å². The molecule has 1 saturated heterocycles. The SMILES string of the molecule is CN(Cc1ccccc1)CN1C(=O)C2(SCC(=O)N2c2ccccc2)c2ccccc21. The summed E-state index contributed by atoms with van der Waals surface area (Å²) in [6.07, 6.45) is 0. The van der Waals surface area contributed by atoms with Gasteiger partial charge in [0.15, 0.2) is 0 Å². The maximum Gasteiger partial charge on any atom is 0.269 e. The summed E-state index contributed by atoms with van der Waals surface area (Å²) >= 11 is 1.42. The van der Waals surface area contributed by atoms with Crippen LogP contribution < -0.4 is 9.80 Å². The number of hydrogen-bond donors (Lipinski definition) is 0. The summed E-state index contributed by atoms with van der Waals surface area (Å²) < 4.78 is 0. The normalized spacial score (nSPS) is 20.2. The lowest BCUT2D eigenvalue weighted by Crippen LogP contribution is -2.51. The Kier molecular flexibility index (Phi) is 5.04. The second kappa shape index (κ2) is 7.87. The maximum absolute atomic E-state index is 14.0. The monoisotopic (exact) mass is 429 g/mol. The molecule has 0 N–H and O–H groups in total. The van der Waals surface area contributed by atoms with Gasteiger partial charge in [-0.1, -0.05) is 66.7 Å². The molecule has 0 saturated carbocycles. The van der Waals surface area contributed by atoms with Crippen molar-refractivity contribution in [1.82, 2.24) is 4.90 Å². The van der Waals surface area contributed by atoms with Gasteiger partial charge < -0.3 is 0 Å². The number of carbonyl (C=O) groups is 2. The summed E-state index contributed by atoms with van der Waals surface area (Å²) in [7, 11) is 2.01. The summed E-state index contributed by atoms with van der Waals surface area (Å²) in [4.78, 5) is 31.6. The molecular formula is C25H23N3O2S. The minimum Gasteiger partial charge on any atom is -0.295 e. The first-order valence-electron chi connectivity index (χ1n) is 10.3. The standard InChI is InChI=1S/C25H23N3O2S/c1-26(16-19-10-4-2-5-11-19)18-27-22-15-9-8-14-21(22)25(24(27)30)28(23(29)17-31-25)20-12-6-3-7-13-20/h2-15H,16-18H2,1H3. The van der Waals surface area contributed by atoms with Gasteiger partial charge in [0.25, 0.3) is 5.91 Å². The van der Waals surface area contributed by atoms with Gasteiger partial charge in [-0.25, -0.2) is 0 Å². The third kappa shape index (κ3) is 3.23. The van der Waals surface area contributed by atoms with Crippen LogP contribution in [0.15, 0.2) is 84.9 Å². The molecule has 5 nitrogen and oxygen atoms in total. The summed E-state index contributed by atoms with van der Waals surface area (Å²) in [5.74, 6) is 0.176. The smallest absolute Gasteiger partial charge is 0.269 e. The minimum atomic E-state index is -1.05. The zero-order chi connectivity index (χ0) is 21.4. The van der Waals surface area contributed by atoms with Gasteiger partial charge in [0.1, 0.15) is 0 Å².